The van der Waals surface area contributed by atoms with Gasteiger partial charge >= 0.3 is 159 Å². The molecule has 1 saturated heterocycles. The van der Waals surface area contributed by atoms with Crippen molar-refractivity contribution in [2.45, 2.75) is 57.8 Å². The molecular weight excluding hydrogens is 429 g/mol. The van der Waals surface area contributed by atoms with E-state index < -0.39 is 37.5 Å². The number of carbonyl (C=O) groups is 1. The fraction of sp³-hybridized carbons (Fsp3) is 0.550. The minimum absolute atomic E-state index is 0.237. The second-order valence-corrected chi connectivity index (χ2v) is 12.2. The van der Waals surface area contributed by atoms with Crippen LogP contribution in [0, 0.1) is 12.3 Å². The molecule has 0 saturated carbocycles. The number of terminal acetylenes is 1. The van der Waals surface area contributed by atoms with E-state index in [0.29, 0.717) is 12.8 Å². The average Bonchev–Trinajstić information content (AvgIpc) is 3.34. The number of hydrogen-bond acceptors (Lipinski definition) is 3. The monoisotopic (exact) mass is 457 g/mol. The molecule has 0 aliphatic carbocycles. The van der Waals surface area contributed by atoms with E-state index in [-0.39, 0.29) is 6.04 Å². The fourth-order valence-electron chi connectivity index (χ4n) is 2.56. The molecule has 2 atom stereocenters. The molecule has 0 radical (unpaired) electrons. The van der Waals surface area contributed by atoms with Crippen molar-refractivity contribution in [1.29, 1.82) is 0 Å². The van der Waals surface area contributed by atoms with Gasteiger partial charge in [0, 0.05) is 0 Å². The maximum absolute atomic E-state index is 12.4. The van der Waals surface area contributed by atoms with Gasteiger partial charge < -0.3 is 0 Å². The summed E-state index contributed by atoms with van der Waals surface area (Å²) in [5, 5.41) is 3.02. The van der Waals surface area contributed by atoms with E-state index in [9.17, 15) is 4.79 Å². The number of nitrogens with one attached hydrogen (secondary N) is 1. The van der Waals surface area contributed by atoms with Crippen molar-refractivity contribution < 1.29 is 12.6 Å². The molecule has 1 aromatic rings. The quantitative estimate of drug-likeness (QED) is 0.368. The van der Waals surface area contributed by atoms with Crippen molar-refractivity contribution in [2.24, 2.45) is 0 Å². The normalized spacial score (nSPS) is 18.6. The topological polar surface area (TPSA) is 47.6 Å². The molecule has 0 unspecified atom stereocenters. The summed E-state index contributed by atoms with van der Waals surface area (Å²) >= 11 is -1.31. The minimum atomic E-state index is -1.31. The van der Waals surface area contributed by atoms with E-state index in [0.717, 1.165) is 5.56 Å². The van der Waals surface area contributed by atoms with Gasteiger partial charge in [0.15, 0.2) is 0 Å². The summed E-state index contributed by atoms with van der Waals surface area (Å²) in [6.07, 6.45) is 6.26. The Morgan fingerprint density at radius 2 is 1.92 bits per heavy atom. The molecule has 1 heterocycles. The Kier molecular flexibility index (Phi) is 6.75. The maximum atomic E-state index is 12.4. The zero-order chi connectivity index (χ0) is 18.5. The molecular formula is C20H28INO3. The van der Waals surface area contributed by atoms with Gasteiger partial charge in [-0.25, -0.2) is 0 Å². The molecule has 1 aliphatic rings. The van der Waals surface area contributed by atoms with Crippen LogP contribution in [0.3, 0.4) is 0 Å². The molecule has 1 N–H and O–H groups in total. The second-order valence-electron chi connectivity index (χ2n) is 7.28. The first-order valence-electron chi connectivity index (χ1n) is 8.54. The summed E-state index contributed by atoms with van der Waals surface area (Å²) in [6.45, 7) is 7.63. The molecule has 0 aromatic heterocycles. The first-order valence-corrected chi connectivity index (χ1v) is 12.5. The predicted octanol–water partition coefficient (Wildman–Crippen LogP) is 4.66. The van der Waals surface area contributed by atoms with Crippen LogP contribution in [0.5, 0.6) is 0 Å². The van der Waals surface area contributed by atoms with Crippen LogP contribution in [0.2, 0.25) is 0 Å². The van der Waals surface area contributed by atoms with E-state index in [1.807, 2.05) is 39.0 Å². The first kappa shape index (κ1) is 20.1. The molecule has 1 aliphatic heterocycles. The van der Waals surface area contributed by atoms with Crippen molar-refractivity contribution in [3.8, 4) is 12.3 Å². The van der Waals surface area contributed by atoms with Crippen molar-refractivity contribution in [3.05, 3.63) is 35.9 Å². The number of rotatable bonds is 7. The number of hydrogen-bond donors (Lipinski definition) is 1. The van der Waals surface area contributed by atoms with Crippen LogP contribution in [0.15, 0.2) is 30.3 Å². The van der Waals surface area contributed by atoms with E-state index >= 15 is 0 Å². The van der Waals surface area contributed by atoms with Gasteiger partial charge in [0.1, 0.15) is 0 Å². The Hall–Kier alpha value is -1.26. The van der Waals surface area contributed by atoms with Gasteiger partial charge in [-0.2, -0.15) is 0 Å². The number of ether oxygens (including phenoxy) is 1. The van der Waals surface area contributed by atoms with E-state index in [2.05, 4.69) is 30.3 Å². The molecule has 138 valence electrons. The molecule has 1 fully saturated rings. The molecule has 1 aromatic carbocycles. The third-order valence-corrected chi connectivity index (χ3v) is 7.39. The van der Waals surface area contributed by atoms with Crippen molar-refractivity contribution in [3.63, 3.8) is 0 Å². The summed E-state index contributed by atoms with van der Waals surface area (Å²) in [4.78, 5) is 12.4. The summed E-state index contributed by atoms with van der Waals surface area (Å²) in [5.41, 5.74) is -0.0645. The number of carbonyl (C=O) groups excluding carboxylic acids is 1. The van der Waals surface area contributed by atoms with Crippen LogP contribution < -0.4 is 5.32 Å². The molecule has 1 amide bonds. The zero-order valence-corrected chi connectivity index (χ0v) is 17.6. The summed E-state index contributed by atoms with van der Waals surface area (Å²) in [5.74, 6) is 2.68. The Balaban J connectivity index is 2.26. The van der Waals surface area contributed by atoms with Crippen LogP contribution >= 0.6 is 20.2 Å². The Morgan fingerprint density at radius 3 is 2.44 bits per heavy atom. The van der Waals surface area contributed by atoms with E-state index in [4.69, 9.17) is 14.2 Å². The van der Waals surface area contributed by atoms with Crippen LogP contribution in [0.25, 0.3) is 0 Å². The summed E-state index contributed by atoms with van der Waals surface area (Å²) in [7, 11) is 0. The molecule has 0 bridgehead atoms. The van der Waals surface area contributed by atoms with Gasteiger partial charge in [-0.05, 0) is 0 Å². The fourth-order valence-corrected chi connectivity index (χ4v) is 6.14. The summed E-state index contributed by atoms with van der Waals surface area (Å²) < 4.78 is 14.4. The van der Waals surface area contributed by atoms with E-state index in [1.165, 1.54) is 8.86 Å². The van der Waals surface area contributed by atoms with Crippen molar-refractivity contribution in [1.82, 2.24) is 5.32 Å². The van der Waals surface area contributed by atoms with Crippen molar-refractivity contribution in [2.75, 3.05) is 8.86 Å². The van der Waals surface area contributed by atoms with Gasteiger partial charge in [0.25, 0.3) is 0 Å². The Bertz CT molecular complexity index is 616. The number of benzene rings is 1. The predicted molar refractivity (Wildman–Crippen MR) is 110 cm³/mol. The molecule has 2 rings (SSSR count). The standard InChI is InChI=1S/C20H28INO3/c1-6-7-13-17(22-18(23)24-19(2,3)4)20(5,25-21-14-15-21)16-11-9-8-10-12-16/h1,8-12,17H,7,13-15H2,2-5H3,(H,22,23)/t17-,20-/m0/s1. The number of amides is 1. The average molecular weight is 457 g/mol. The third kappa shape index (κ3) is 6.19. The second kappa shape index (κ2) is 8.41. The third-order valence-electron chi connectivity index (χ3n) is 3.89. The Labute approximate surface area is 159 Å². The Morgan fingerprint density at radius 1 is 1.28 bits per heavy atom. The van der Waals surface area contributed by atoms with Gasteiger partial charge in [-0.1, -0.05) is 0 Å². The van der Waals surface area contributed by atoms with Gasteiger partial charge in [-0.15, -0.1) is 0 Å². The van der Waals surface area contributed by atoms with Crippen molar-refractivity contribution >= 4 is 26.3 Å². The molecule has 25 heavy (non-hydrogen) atoms. The number of alkyl carbamates (subject to hydrolysis) is 1. The SMILES string of the molecule is C#CCC[C@H](NC(=O)OC(C)(C)C)[C@@](C)(OI1CC1)c1ccccc1. The van der Waals surface area contributed by atoms with Crippen LogP contribution in [-0.4, -0.2) is 26.6 Å². The number of alkyl halides is 2. The van der Waals surface area contributed by atoms with Crippen LogP contribution in [-0.2, 0) is 13.4 Å². The van der Waals surface area contributed by atoms with Gasteiger partial charge in [-0.3, -0.25) is 0 Å². The first-order chi connectivity index (χ1) is 11.7. The van der Waals surface area contributed by atoms with Gasteiger partial charge in [0.2, 0.25) is 0 Å². The molecule has 0 spiro atoms. The zero-order valence-electron chi connectivity index (χ0n) is 15.5. The molecule has 5 heteroatoms. The number of halogens is 1. The van der Waals surface area contributed by atoms with Crippen LogP contribution in [0.1, 0.15) is 46.1 Å². The van der Waals surface area contributed by atoms with Crippen LogP contribution in [0.4, 0.5) is 4.79 Å². The summed E-state index contributed by atoms with van der Waals surface area (Å²) in [6, 6.07) is 9.85. The van der Waals surface area contributed by atoms with Gasteiger partial charge in [0.05, 0.1) is 0 Å². The molecule has 4 nitrogen and oxygen atoms in total. The van der Waals surface area contributed by atoms with E-state index in [1.54, 1.807) is 0 Å².